The lowest BCUT2D eigenvalue weighted by molar-refractivity contribution is 0.0897. The van der Waals surface area contributed by atoms with Crippen LogP contribution in [0.15, 0.2) is 47.5 Å². The fourth-order valence-electron chi connectivity index (χ4n) is 4.16. The predicted molar refractivity (Wildman–Crippen MR) is 159 cm³/mol. The van der Waals surface area contributed by atoms with Crippen molar-refractivity contribution in [1.29, 1.82) is 5.26 Å². The second kappa shape index (κ2) is 12.0. The molecule has 222 valence electrons. The van der Waals surface area contributed by atoms with E-state index < -0.39 is 29.7 Å². The number of hydrogen-bond donors (Lipinski definition) is 1. The van der Waals surface area contributed by atoms with Crippen molar-refractivity contribution in [3.63, 3.8) is 0 Å². The van der Waals surface area contributed by atoms with Gasteiger partial charge in [-0.15, -0.1) is 0 Å². The Morgan fingerprint density at radius 3 is 2.52 bits per heavy atom. The standard InChI is InChI=1S/C28H31F2N5O5SSi/c1-6-41(37,38)33-19-12-21(27(32-15-19)40-25-8-7-18(29)11-24(25)30)23-16-34(2)28(36)22-13-20(14-31)35(26(22)23)17-39-9-10-42(3,4)5/h7-8,11-13,15-16,33H,6,9-10,17H2,1-5H3. The minimum absolute atomic E-state index is 0.0323. The van der Waals surface area contributed by atoms with Crippen LogP contribution < -0.4 is 15.0 Å². The van der Waals surface area contributed by atoms with E-state index in [2.05, 4.69) is 35.4 Å². The van der Waals surface area contributed by atoms with E-state index in [1.54, 1.807) is 4.57 Å². The lowest BCUT2D eigenvalue weighted by atomic mass is 10.1. The molecule has 0 aliphatic heterocycles. The summed E-state index contributed by atoms with van der Waals surface area (Å²) in [6.07, 6.45) is 2.69. The lowest BCUT2D eigenvalue weighted by Crippen LogP contribution is -2.22. The number of benzene rings is 1. The third-order valence-corrected chi connectivity index (χ3v) is 9.46. The molecule has 0 amide bonds. The van der Waals surface area contributed by atoms with Gasteiger partial charge in [0.2, 0.25) is 15.9 Å². The van der Waals surface area contributed by atoms with E-state index in [4.69, 9.17) is 9.47 Å². The summed E-state index contributed by atoms with van der Waals surface area (Å²) < 4.78 is 69.8. The summed E-state index contributed by atoms with van der Waals surface area (Å²) in [5, 5.41) is 10.1. The van der Waals surface area contributed by atoms with E-state index in [0.717, 1.165) is 18.2 Å². The van der Waals surface area contributed by atoms with E-state index in [0.29, 0.717) is 23.8 Å². The molecule has 10 nitrogen and oxygen atoms in total. The number of sulfonamides is 1. The van der Waals surface area contributed by atoms with Gasteiger partial charge >= 0.3 is 0 Å². The summed E-state index contributed by atoms with van der Waals surface area (Å²) in [7, 11) is -3.58. The van der Waals surface area contributed by atoms with Crippen LogP contribution in [0.25, 0.3) is 22.0 Å². The maximum absolute atomic E-state index is 14.6. The molecule has 0 spiro atoms. The van der Waals surface area contributed by atoms with Gasteiger partial charge in [0.1, 0.15) is 24.3 Å². The molecule has 0 bridgehead atoms. The van der Waals surface area contributed by atoms with Crippen molar-refractivity contribution in [2.24, 2.45) is 7.05 Å². The number of nitrogens with zero attached hydrogens (tertiary/aromatic N) is 4. The molecule has 0 aliphatic rings. The molecular formula is C28H31F2N5O5SSi. The molecule has 0 saturated heterocycles. The first-order chi connectivity index (χ1) is 19.7. The van der Waals surface area contributed by atoms with Gasteiger partial charge in [-0.3, -0.25) is 9.52 Å². The fourth-order valence-corrected chi connectivity index (χ4v) is 5.53. The Kier molecular flexibility index (Phi) is 8.86. The third kappa shape index (κ3) is 6.86. The predicted octanol–water partition coefficient (Wildman–Crippen LogP) is 5.42. The molecule has 0 aliphatic carbocycles. The number of aryl methyl sites for hydroxylation is 1. The molecule has 4 aromatic rings. The van der Waals surface area contributed by atoms with Crippen LogP contribution in [-0.4, -0.2) is 43.0 Å². The Morgan fingerprint density at radius 1 is 1.14 bits per heavy atom. The normalized spacial score (nSPS) is 12.0. The van der Waals surface area contributed by atoms with E-state index in [-0.39, 0.29) is 52.0 Å². The molecule has 4 rings (SSSR count). The molecule has 0 radical (unpaired) electrons. The summed E-state index contributed by atoms with van der Waals surface area (Å²) in [5.41, 5.74) is 0.723. The van der Waals surface area contributed by atoms with Gasteiger partial charge in [0.05, 0.1) is 34.1 Å². The Hall–Kier alpha value is -4.06. The number of nitrogens with one attached hydrogen (secondary N) is 1. The van der Waals surface area contributed by atoms with Crippen LogP contribution in [0.5, 0.6) is 11.6 Å². The number of pyridine rings is 2. The molecule has 3 heterocycles. The van der Waals surface area contributed by atoms with E-state index >= 15 is 0 Å². The largest absolute Gasteiger partial charge is 0.435 e. The number of anilines is 1. The SMILES string of the molecule is CCS(=O)(=O)Nc1cnc(Oc2ccc(F)cc2F)c(-c2cn(C)c(=O)c3cc(C#N)n(COCC[Si](C)(C)C)c23)c1. The van der Waals surface area contributed by atoms with Crippen LogP contribution in [-0.2, 0) is 28.5 Å². The Bertz CT molecular complexity index is 1860. The van der Waals surface area contributed by atoms with Gasteiger partial charge in [-0.1, -0.05) is 19.6 Å². The molecule has 0 fully saturated rings. The molecule has 1 N–H and O–H groups in total. The molecule has 0 saturated carbocycles. The van der Waals surface area contributed by atoms with Crippen LogP contribution in [0, 0.1) is 23.0 Å². The maximum atomic E-state index is 14.6. The monoisotopic (exact) mass is 615 g/mol. The summed E-state index contributed by atoms with van der Waals surface area (Å²) in [6.45, 7) is 8.52. The fraction of sp³-hybridized carbons (Fsp3) is 0.321. The molecular weight excluding hydrogens is 584 g/mol. The van der Waals surface area contributed by atoms with Crippen LogP contribution in [0.2, 0.25) is 25.7 Å². The smallest absolute Gasteiger partial charge is 0.259 e. The summed E-state index contributed by atoms with van der Waals surface area (Å²) >= 11 is 0. The second-order valence-corrected chi connectivity index (χ2v) is 18.5. The number of fused-ring (bicyclic) bond motifs is 1. The van der Waals surface area contributed by atoms with Crippen LogP contribution >= 0.6 is 0 Å². The number of aromatic nitrogens is 3. The van der Waals surface area contributed by atoms with Gasteiger partial charge in [0, 0.05) is 39.6 Å². The second-order valence-electron chi connectivity index (χ2n) is 10.9. The van der Waals surface area contributed by atoms with Crippen molar-refractivity contribution in [1.82, 2.24) is 14.1 Å². The van der Waals surface area contributed by atoms with Gasteiger partial charge in [0.15, 0.2) is 11.6 Å². The number of rotatable bonds is 11. The van der Waals surface area contributed by atoms with Crippen molar-refractivity contribution < 1.29 is 26.7 Å². The Morgan fingerprint density at radius 2 is 1.88 bits per heavy atom. The Labute approximate surface area is 243 Å². The number of ether oxygens (including phenoxy) is 2. The highest BCUT2D eigenvalue weighted by Crippen LogP contribution is 2.38. The first-order valence-corrected chi connectivity index (χ1v) is 18.4. The highest BCUT2D eigenvalue weighted by molar-refractivity contribution is 7.92. The van der Waals surface area contributed by atoms with E-state index in [9.17, 15) is 27.3 Å². The highest BCUT2D eigenvalue weighted by Gasteiger charge is 2.23. The molecule has 0 unspecified atom stereocenters. The average Bonchev–Trinajstić information content (AvgIpc) is 3.29. The van der Waals surface area contributed by atoms with Crippen molar-refractivity contribution >= 4 is 34.7 Å². The minimum Gasteiger partial charge on any atom is -0.435 e. The molecule has 42 heavy (non-hydrogen) atoms. The summed E-state index contributed by atoms with van der Waals surface area (Å²) in [4.78, 5) is 17.4. The molecule has 3 aromatic heterocycles. The van der Waals surface area contributed by atoms with Crippen LogP contribution in [0.4, 0.5) is 14.5 Å². The molecule has 0 atom stereocenters. The van der Waals surface area contributed by atoms with E-state index in [1.807, 2.05) is 0 Å². The van der Waals surface area contributed by atoms with Crippen LogP contribution in [0.1, 0.15) is 12.6 Å². The third-order valence-electron chi connectivity index (χ3n) is 6.45. The zero-order chi connectivity index (χ0) is 30.8. The lowest BCUT2D eigenvalue weighted by Gasteiger charge is -2.18. The van der Waals surface area contributed by atoms with Crippen molar-refractivity contribution in [2.75, 3.05) is 17.1 Å². The zero-order valence-corrected chi connectivity index (χ0v) is 25.7. The van der Waals surface area contributed by atoms with Gasteiger partial charge in [-0.25, -0.2) is 22.2 Å². The van der Waals surface area contributed by atoms with Crippen molar-refractivity contribution in [2.45, 2.75) is 39.3 Å². The quantitative estimate of drug-likeness (QED) is 0.176. The summed E-state index contributed by atoms with van der Waals surface area (Å²) in [5.74, 6) is -2.45. The van der Waals surface area contributed by atoms with Gasteiger partial charge < -0.3 is 18.6 Å². The van der Waals surface area contributed by atoms with Crippen molar-refractivity contribution in [3.05, 3.63) is 70.4 Å². The highest BCUT2D eigenvalue weighted by atomic mass is 32.2. The van der Waals surface area contributed by atoms with E-state index in [1.165, 1.54) is 43.1 Å². The number of nitriles is 1. The average molecular weight is 616 g/mol. The summed E-state index contributed by atoms with van der Waals surface area (Å²) in [6, 6.07) is 8.66. The topological polar surface area (TPSA) is 128 Å². The molecule has 1 aromatic carbocycles. The van der Waals surface area contributed by atoms with Crippen molar-refractivity contribution in [3.8, 4) is 28.8 Å². The van der Waals surface area contributed by atoms with Gasteiger partial charge in [0.25, 0.3) is 5.56 Å². The number of halogens is 2. The van der Waals surface area contributed by atoms with Gasteiger partial charge in [-0.05, 0) is 37.2 Å². The van der Waals surface area contributed by atoms with Crippen LogP contribution in [0.3, 0.4) is 0 Å². The molecule has 14 heteroatoms. The minimum atomic E-state index is -3.70. The van der Waals surface area contributed by atoms with Gasteiger partial charge in [-0.2, -0.15) is 5.26 Å². The maximum Gasteiger partial charge on any atom is 0.259 e. The first kappa shape index (κ1) is 30.9. The number of hydrogen-bond acceptors (Lipinski definition) is 7. The Balaban J connectivity index is 1.95. The first-order valence-electron chi connectivity index (χ1n) is 13.1. The zero-order valence-electron chi connectivity index (χ0n) is 23.9.